The predicted octanol–water partition coefficient (Wildman–Crippen LogP) is 20.1. The van der Waals surface area contributed by atoms with E-state index in [2.05, 4.69) is 67.8 Å². The standard InChI is InChI=1S/C78H143NO10/c1-3-5-7-9-11-13-15-41-45-48-52-56-60-64-71(81)70(69-88-78-77(86)76(85)75(84)72(68-80)89-78)79-73(82)65-61-57-53-49-46-42-39-37-35-33-31-29-27-25-23-21-19-17-16-18-20-22-24-26-28-30-32-34-36-38-40-43-47-51-55-59-63-67-87-74(83)66-62-58-54-50-44-14-12-10-8-6-4-2/h11,13,16,18,22,24,45,48,60,64,70-72,75-78,80-81,84-86H,3-10,12,14-15,17,19-21,23,25-44,46-47,49-59,61-63,65-69H2,1-2H3,(H,79,82)/b13-11+,18-16-,24-22-,48-45+,64-60+. The first-order valence-corrected chi connectivity index (χ1v) is 38.1. The topological polar surface area (TPSA) is 175 Å². The zero-order chi connectivity index (χ0) is 64.4. The number of ether oxygens (including phenoxy) is 3. The van der Waals surface area contributed by atoms with Crippen molar-refractivity contribution in [3.05, 3.63) is 60.8 Å². The van der Waals surface area contributed by atoms with Gasteiger partial charge in [0.2, 0.25) is 5.91 Å². The van der Waals surface area contributed by atoms with Gasteiger partial charge in [0.15, 0.2) is 6.29 Å². The van der Waals surface area contributed by atoms with E-state index in [4.69, 9.17) is 14.2 Å². The van der Waals surface area contributed by atoms with Gasteiger partial charge in [-0.3, -0.25) is 9.59 Å². The molecule has 7 unspecified atom stereocenters. The Balaban J connectivity index is 1.94. The summed E-state index contributed by atoms with van der Waals surface area (Å²) in [4.78, 5) is 25.1. The van der Waals surface area contributed by atoms with Gasteiger partial charge in [0.1, 0.15) is 24.4 Å². The lowest BCUT2D eigenvalue weighted by Crippen LogP contribution is -2.60. The normalized spacial score (nSPS) is 18.0. The minimum atomic E-state index is -1.58. The lowest BCUT2D eigenvalue weighted by Gasteiger charge is -2.40. The number of hydrogen-bond donors (Lipinski definition) is 6. The predicted molar refractivity (Wildman–Crippen MR) is 375 cm³/mol. The van der Waals surface area contributed by atoms with Crippen molar-refractivity contribution < 1.29 is 49.3 Å². The Morgan fingerprint density at radius 1 is 0.416 bits per heavy atom. The van der Waals surface area contributed by atoms with Crippen LogP contribution in [0, 0.1) is 0 Å². The summed E-state index contributed by atoms with van der Waals surface area (Å²) >= 11 is 0. The summed E-state index contributed by atoms with van der Waals surface area (Å²) in [6.07, 6.45) is 79.6. The fourth-order valence-corrected chi connectivity index (χ4v) is 11.9. The van der Waals surface area contributed by atoms with E-state index in [1.54, 1.807) is 6.08 Å². The number of amides is 1. The van der Waals surface area contributed by atoms with E-state index in [9.17, 15) is 35.1 Å². The molecule has 1 heterocycles. The highest BCUT2D eigenvalue weighted by atomic mass is 16.7. The number of aliphatic hydroxyl groups is 5. The quantitative estimate of drug-likeness (QED) is 0.0195. The zero-order valence-corrected chi connectivity index (χ0v) is 57.9. The maximum atomic E-state index is 13.1. The highest BCUT2D eigenvalue weighted by molar-refractivity contribution is 5.76. The highest BCUT2D eigenvalue weighted by Gasteiger charge is 2.44. The second-order valence-electron chi connectivity index (χ2n) is 26.3. The highest BCUT2D eigenvalue weighted by Crippen LogP contribution is 2.23. The number of carbonyl (C=O) groups excluding carboxylic acids is 2. The van der Waals surface area contributed by atoms with Crippen LogP contribution in [-0.4, -0.2) is 100 Å². The Bertz CT molecular complexity index is 1660. The minimum Gasteiger partial charge on any atom is -0.466 e. The molecular formula is C78H143NO10. The maximum absolute atomic E-state index is 13.1. The average Bonchev–Trinajstić information content (AvgIpc) is 2.53. The maximum Gasteiger partial charge on any atom is 0.305 e. The van der Waals surface area contributed by atoms with Gasteiger partial charge in [-0.25, -0.2) is 0 Å². The molecular weight excluding hydrogens is 1110 g/mol. The van der Waals surface area contributed by atoms with Crippen LogP contribution >= 0.6 is 0 Å². The Hall–Kier alpha value is -2.64. The molecule has 0 radical (unpaired) electrons. The first-order chi connectivity index (χ1) is 43.7. The summed E-state index contributed by atoms with van der Waals surface area (Å²) in [7, 11) is 0. The first kappa shape index (κ1) is 84.4. The lowest BCUT2D eigenvalue weighted by molar-refractivity contribution is -0.302. The molecule has 0 bridgehead atoms. The number of hydrogen-bond acceptors (Lipinski definition) is 10. The Morgan fingerprint density at radius 3 is 1.20 bits per heavy atom. The number of rotatable bonds is 67. The van der Waals surface area contributed by atoms with Crippen LogP contribution in [0.1, 0.15) is 361 Å². The zero-order valence-electron chi connectivity index (χ0n) is 57.9. The third-order valence-corrected chi connectivity index (χ3v) is 17.8. The van der Waals surface area contributed by atoms with Crippen LogP contribution in [0.25, 0.3) is 0 Å². The summed E-state index contributed by atoms with van der Waals surface area (Å²) in [5.74, 6) is -0.181. The number of aliphatic hydroxyl groups excluding tert-OH is 5. The van der Waals surface area contributed by atoms with Crippen LogP contribution in [-0.2, 0) is 23.8 Å². The SMILES string of the molecule is CCCCC/C=C/CC/C=C/CC/C=C/C(O)C(COC1OC(CO)C(O)C(O)C1O)NC(=O)CCCCCCCCCCCCCCCCCCC/C=C\C/C=C\CCCCCCCCCCCCCCCOC(=O)CCCCCCCCCCCCC. The monoisotopic (exact) mass is 1250 g/mol. The number of unbranched alkanes of at least 4 members (excludes halogenated alkanes) is 45. The van der Waals surface area contributed by atoms with Gasteiger partial charge < -0.3 is 45.1 Å². The van der Waals surface area contributed by atoms with Crippen LogP contribution in [0.2, 0.25) is 0 Å². The summed E-state index contributed by atoms with van der Waals surface area (Å²) in [5.41, 5.74) is 0. The van der Waals surface area contributed by atoms with Crippen LogP contribution in [0.5, 0.6) is 0 Å². The van der Waals surface area contributed by atoms with Gasteiger partial charge in [0.05, 0.1) is 32.0 Å². The number of nitrogens with one attached hydrogen (secondary N) is 1. The molecule has 0 spiro atoms. The fraction of sp³-hybridized carbons (Fsp3) is 0.846. The second-order valence-corrected chi connectivity index (χ2v) is 26.3. The van der Waals surface area contributed by atoms with E-state index in [0.29, 0.717) is 19.4 Å². The van der Waals surface area contributed by atoms with E-state index in [1.165, 1.54) is 263 Å². The molecule has 1 saturated heterocycles. The molecule has 0 aromatic carbocycles. The summed E-state index contributed by atoms with van der Waals surface area (Å²) in [6.45, 7) is 4.32. The molecule has 1 rings (SSSR count). The van der Waals surface area contributed by atoms with Gasteiger partial charge in [-0.15, -0.1) is 0 Å². The van der Waals surface area contributed by atoms with Crippen molar-refractivity contribution in [1.29, 1.82) is 0 Å². The van der Waals surface area contributed by atoms with Crippen molar-refractivity contribution in [3.8, 4) is 0 Å². The van der Waals surface area contributed by atoms with Crippen molar-refractivity contribution in [1.82, 2.24) is 5.32 Å². The summed E-state index contributed by atoms with van der Waals surface area (Å²) < 4.78 is 16.7. The number of esters is 1. The molecule has 89 heavy (non-hydrogen) atoms. The molecule has 0 saturated carbocycles. The van der Waals surface area contributed by atoms with Crippen molar-refractivity contribution in [2.24, 2.45) is 0 Å². The van der Waals surface area contributed by atoms with Crippen LogP contribution < -0.4 is 5.32 Å². The van der Waals surface area contributed by atoms with Crippen LogP contribution in [0.4, 0.5) is 0 Å². The van der Waals surface area contributed by atoms with E-state index in [1.807, 2.05) is 6.08 Å². The van der Waals surface area contributed by atoms with Crippen molar-refractivity contribution in [2.45, 2.75) is 403 Å². The Morgan fingerprint density at radius 2 is 0.764 bits per heavy atom. The van der Waals surface area contributed by atoms with Gasteiger partial charge in [-0.05, 0) is 89.9 Å². The molecule has 1 amide bonds. The molecule has 7 atom stereocenters. The van der Waals surface area contributed by atoms with Crippen molar-refractivity contribution in [2.75, 3.05) is 19.8 Å². The Kier molecular flexibility index (Phi) is 63.3. The van der Waals surface area contributed by atoms with Gasteiger partial charge in [0.25, 0.3) is 0 Å². The van der Waals surface area contributed by atoms with E-state index < -0.39 is 49.5 Å². The molecule has 0 aliphatic carbocycles. The molecule has 6 N–H and O–H groups in total. The molecule has 520 valence electrons. The van der Waals surface area contributed by atoms with Gasteiger partial charge in [0, 0.05) is 12.8 Å². The number of carbonyl (C=O) groups is 2. The Labute approximate surface area is 548 Å². The van der Waals surface area contributed by atoms with Gasteiger partial charge in [-0.1, -0.05) is 319 Å². The smallest absolute Gasteiger partial charge is 0.305 e. The van der Waals surface area contributed by atoms with Crippen LogP contribution in [0.3, 0.4) is 0 Å². The van der Waals surface area contributed by atoms with Crippen LogP contribution in [0.15, 0.2) is 60.8 Å². The average molecular weight is 1250 g/mol. The summed E-state index contributed by atoms with van der Waals surface area (Å²) in [6, 6.07) is -0.833. The number of allylic oxidation sites excluding steroid dienone is 9. The molecule has 0 aromatic rings. The molecule has 1 fully saturated rings. The molecule has 1 aliphatic heterocycles. The van der Waals surface area contributed by atoms with Gasteiger partial charge in [-0.2, -0.15) is 0 Å². The molecule has 1 aliphatic rings. The third-order valence-electron chi connectivity index (χ3n) is 17.8. The molecule has 11 heteroatoms. The first-order valence-electron chi connectivity index (χ1n) is 38.1. The van der Waals surface area contributed by atoms with E-state index in [-0.39, 0.29) is 18.5 Å². The lowest BCUT2D eigenvalue weighted by atomic mass is 9.99. The third kappa shape index (κ3) is 55.5. The summed E-state index contributed by atoms with van der Waals surface area (Å²) in [5, 5.41) is 54.5. The van der Waals surface area contributed by atoms with Gasteiger partial charge >= 0.3 is 5.97 Å². The minimum absolute atomic E-state index is 0.0120. The second kappa shape index (κ2) is 66.8. The fourth-order valence-electron chi connectivity index (χ4n) is 11.9. The molecule has 11 nitrogen and oxygen atoms in total. The van der Waals surface area contributed by atoms with Crippen molar-refractivity contribution >= 4 is 11.9 Å². The largest absolute Gasteiger partial charge is 0.466 e. The van der Waals surface area contributed by atoms with Crippen molar-refractivity contribution in [3.63, 3.8) is 0 Å². The van der Waals surface area contributed by atoms with E-state index in [0.717, 1.165) is 70.6 Å². The van der Waals surface area contributed by atoms with E-state index >= 15 is 0 Å². The molecule has 0 aromatic heterocycles.